The van der Waals surface area contributed by atoms with Gasteiger partial charge in [-0.25, -0.2) is 9.78 Å². The van der Waals surface area contributed by atoms with Gasteiger partial charge in [-0.1, -0.05) is 0 Å². The molecule has 0 saturated carbocycles. The summed E-state index contributed by atoms with van der Waals surface area (Å²) in [5.41, 5.74) is 0.232. The Hall–Kier alpha value is -1.18. The maximum atomic E-state index is 11.4. The largest absolute Gasteiger partial charge is 0.475 e. The SMILES string of the molecule is COC(=O)c1ccc(Br)c(OC[C@@H]2CNCCN2)n1. The van der Waals surface area contributed by atoms with Crippen LogP contribution in [0.4, 0.5) is 0 Å². The highest BCUT2D eigenvalue weighted by atomic mass is 79.9. The Balaban J connectivity index is 2.00. The lowest BCUT2D eigenvalue weighted by atomic mass is 10.2. The number of nitrogens with zero attached hydrogens (tertiary/aromatic N) is 1. The van der Waals surface area contributed by atoms with Crippen LogP contribution >= 0.6 is 15.9 Å². The molecule has 1 aromatic heterocycles. The molecule has 0 amide bonds. The fraction of sp³-hybridized carbons (Fsp3) is 0.500. The van der Waals surface area contributed by atoms with E-state index >= 15 is 0 Å². The number of methoxy groups -OCH3 is 1. The second kappa shape index (κ2) is 6.83. The summed E-state index contributed by atoms with van der Waals surface area (Å²) in [6.45, 7) is 3.23. The van der Waals surface area contributed by atoms with Crippen molar-refractivity contribution in [3.05, 3.63) is 22.3 Å². The first-order valence-electron chi connectivity index (χ1n) is 6.02. The monoisotopic (exact) mass is 329 g/mol. The zero-order valence-electron chi connectivity index (χ0n) is 10.6. The molecule has 2 rings (SSSR count). The van der Waals surface area contributed by atoms with Crippen LogP contribution < -0.4 is 15.4 Å². The van der Waals surface area contributed by atoms with Crippen LogP contribution in [-0.4, -0.2) is 50.3 Å². The van der Waals surface area contributed by atoms with Crippen LogP contribution in [0, 0.1) is 0 Å². The van der Waals surface area contributed by atoms with Gasteiger partial charge in [-0.2, -0.15) is 0 Å². The van der Waals surface area contributed by atoms with Crippen molar-refractivity contribution in [2.24, 2.45) is 0 Å². The number of piperazine rings is 1. The number of rotatable bonds is 4. The van der Waals surface area contributed by atoms with Gasteiger partial charge >= 0.3 is 5.97 Å². The van der Waals surface area contributed by atoms with Crippen LogP contribution in [0.3, 0.4) is 0 Å². The highest BCUT2D eigenvalue weighted by molar-refractivity contribution is 9.10. The summed E-state index contributed by atoms with van der Waals surface area (Å²) in [6, 6.07) is 3.55. The lowest BCUT2D eigenvalue weighted by Crippen LogP contribution is -2.51. The lowest BCUT2D eigenvalue weighted by molar-refractivity contribution is 0.0592. The Morgan fingerprint density at radius 1 is 1.53 bits per heavy atom. The molecular formula is C12H16BrN3O3. The quantitative estimate of drug-likeness (QED) is 0.787. The summed E-state index contributed by atoms with van der Waals surface area (Å²) in [7, 11) is 1.32. The summed E-state index contributed by atoms with van der Waals surface area (Å²) in [5.74, 6) is -0.0786. The van der Waals surface area contributed by atoms with E-state index in [9.17, 15) is 4.79 Å². The van der Waals surface area contributed by atoms with Crippen LogP contribution in [-0.2, 0) is 4.74 Å². The summed E-state index contributed by atoms with van der Waals surface area (Å²) < 4.78 is 11.0. The molecule has 0 spiro atoms. The standard InChI is InChI=1S/C12H16BrN3O3/c1-18-12(17)10-3-2-9(13)11(16-10)19-7-8-6-14-4-5-15-8/h2-3,8,14-15H,4-7H2,1H3/t8-/m0/s1. The molecule has 0 radical (unpaired) electrons. The predicted octanol–water partition coefficient (Wildman–Crippen LogP) is 0.571. The van der Waals surface area contributed by atoms with Gasteiger partial charge in [-0.15, -0.1) is 0 Å². The summed E-state index contributed by atoms with van der Waals surface area (Å²) >= 11 is 3.35. The smallest absolute Gasteiger partial charge is 0.356 e. The highest BCUT2D eigenvalue weighted by Gasteiger charge is 2.15. The van der Waals surface area contributed by atoms with Gasteiger partial charge in [0.15, 0.2) is 5.69 Å². The van der Waals surface area contributed by atoms with Crippen LogP contribution in [0.15, 0.2) is 16.6 Å². The van der Waals surface area contributed by atoms with Gasteiger partial charge in [0, 0.05) is 19.6 Å². The normalized spacial score (nSPS) is 18.9. The van der Waals surface area contributed by atoms with Gasteiger partial charge in [0.05, 0.1) is 17.6 Å². The third-order valence-corrected chi connectivity index (χ3v) is 3.36. The maximum Gasteiger partial charge on any atom is 0.356 e. The minimum atomic E-state index is -0.477. The summed E-state index contributed by atoms with van der Waals surface area (Å²) in [4.78, 5) is 15.5. The number of ether oxygens (including phenoxy) is 2. The Labute approximate surface area is 120 Å². The van der Waals surface area contributed by atoms with Crippen LogP contribution in [0.2, 0.25) is 0 Å². The minimum absolute atomic E-state index is 0.232. The van der Waals surface area contributed by atoms with E-state index in [1.54, 1.807) is 12.1 Å². The lowest BCUT2D eigenvalue weighted by Gasteiger charge is -2.24. The van der Waals surface area contributed by atoms with Crippen molar-refractivity contribution < 1.29 is 14.3 Å². The Morgan fingerprint density at radius 3 is 3.05 bits per heavy atom. The Morgan fingerprint density at radius 2 is 2.37 bits per heavy atom. The number of nitrogens with one attached hydrogen (secondary N) is 2. The molecule has 1 aromatic rings. The van der Waals surface area contributed by atoms with Crippen molar-refractivity contribution in [1.82, 2.24) is 15.6 Å². The van der Waals surface area contributed by atoms with Gasteiger partial charge in [-0.3, -0.25) is 0 Å². The van der Waals surface area contributed by atoms with Crippen LogP contribution in [0.1, 0.15) is 10.5 Å². The fourth-order valence-electron chi connectivity index (χ4n) is 1.75. The molecule has 7 heteroatoms. The Kier molecular flexibility index (Phi) is 5.12. The second-order valence-electron chi connectivity index (χ2n) is 4.14. The molecule has 0 aromatic carbocycles. The highest BCUT2D eigenvalue weighted by Crippen LogP contribution is 2.23. The van der Waals surface area contributed by atoms with Gasteiger partial charge in [0.25, 0.3) is 0 Å². The first kappa shape index (κ1) is 14.2. The van der Waals surface area contributed by atoms with E-state index in [4.69, 9.17) is 4.74 Å². The fourth-order valence-corrected chi connectivity index (χ4v) is 2.09. The molecule has 104 valence electrons. The van der Waals surface area contributed by atoms with E-state index in [1.165, 1.54) is 7.11 Å². The van der Waals surface area contributed by atoms with Crippen molar-refractivity contribution in [3.63, 3.8) is 0 Å². The Bertz CT molecular complexity index is 450. The van der Waals surface area contributed by atoms with Crippen LogP contribution in [0.25, 0.3) is 0 Å². The molecule has 0 unspecified atom stereocenters. The number of aromatic nitrogens is 1. The number of carbonyl (C=O) groups excluding carboxylic acids is 1. The number of hydrogen-bond acceptors (Lipinski definition) is 6. The van der Waals surface area contributed by atoms with Gasteiger partial charge in [0.2, 0.25) is 5.88 Å². The van der Waals surface area contributed by atoms with Crippen molar-refractivity contribution in [2.45, 2.75) is 6.04 Å². The third kappa shape index (κ3) is 3.89. The number of pyridine rings is 1. The topological polar surface area (TPSA) is 72.5 Å². The molecule has 1 atom stereocenters. The molecule has 1 fully saturated rings. The maximum absolute atomic E-state index is 11.4. The van der Waals surface area contributed by atoms with Crippen molar-refractivity contribution in [1.29, 1.82) is 0 Å². The number of carbonyl (C=O) groups is 1. The zero-order chi connectivity index (χ0) is 13.7. The molecule has 0 bridgehead atoms. The number of halogens is 1. The summed E-state index contributed by atoms with van der Waals surface area (Å²) in [6.07, 6.45) is 0. The number of hydrogen-bond donors (Lipinski definition) is 2. The molecule has 2 N–H and O–H groups in total. The van der Waals surface area contributed by atoms with Gasteiger partial charge in [-0.05, 0) is 28.1 Å². The molecular weight excluding hydrogens is 314 g/mol. The average Bonchev–Trinajstić information content (AvgIpc) is 2.46. The van der Waals surface area contributed by atoms with Crippen molar-refractivity contribution in [2.75, 3.05) is 33.4 Å². The third-order valence-electron chi connectivity index (χ3n) is 2.76. The van der Waals surface area contributed by atoms with Crippen LogP contribution in [0.5, 0.6) is 5.88 Å². The van der Waals surface area contributed by atoms with E-state index in [0.29, 0.717) is 17.0 Å². The molecule has 1 saturated heterocycles. The molecule has 1 aliphatic heterocycles. The van der Waals surface area contributed by atoms with E-state index in [1.807, 2.05) is 0 Å². The molecule has 2 heterocycles. The zero-order valence-corrected chi connectivity index (χ0v) is 12.2. The van der Waals surface area contributed by atoms with E-state index < -0.39 is 5.97 Å². The first-order valence-corrected chi connectivity index (χ1v) is 6.82. The van der Waals surface area contributed by atoms with E-state index in [0.717, 1.165) is 19.6 Å². The molecule has 19 heavy (non-hydrogen) atoms. The van der Waals surface area contributed by atoms with Crippen molar-refractivity contribution >= 4 is 21.9 Å². The summed E-state index contributed by atoms with van der Waals surface area (Å²) in [5, 5.41) is 6.61. The van der Waals surface area contributed by atoms with E-state index in [2.05, 4.69) is 36.3 Å². The molecule has 0 aliphatic carbocycles. The van der Waals surface area contributed by atoms with Gasteiger partial charge < -0.3 is 20.1 Å². The van der Waals surface area contributed by atoms with E-state index in [-0.39, 0.29) is 11.7 Å². The minimum Gasteiger partial charge on any atom is -0.475 e. The van der Waals surface area contributed by atoms with Gasteiger partial charge in [0.1, 0.15) is 6.61 Å². The second-order valence-corrected chi connectivity index (χ2v) is 5.00. The number of esters is 1. The predicted molar refractivity (Wildman–Crippen MR) is 73.4 cm³/mol. The van der Waals surface area contributed by atoms with Crippen molar-refractivity contribution in [3.8, 4) is 5.88 Å². The first-order chi connectivity index (χ1) is 9.20. The molecule has 6 nitrogen and oxygen atoms in total. The molecule has 1 aliphatic rings. The average molecular weight is 330 g/mol.